The minimum atomic E-state index is -4.40. The molecule has 0 aliphatic carbocycles. The van der Waals surface area contributed by atoms with Gasteiger partial charge in [-0.15, -0.1) is 0 Å². The summed E-state index contributed by atoms with van der Waals surface area (Å²) in [6.07, 6.45) is -3.44. The maximum atomic E-state index is 13.5. The molecule has 2 atom stereocenters. The fourth-order valence-corrected chi connectivity index (χ4v) is 4.99. The first-order valence-electron chi connectivity index (χ1n) is 12.7. The van der Waals surface area contributed by atoms with Gasteiger partial charge in [0.2, 0.25) is 0 Å². The van der Waals surface area contributed by atoms with Crippen molar-refractivity contribution in [3.05, 3.63) is 53.7 Å². The molecule has 2 heterocycles. The smallest absolute Gasteiger partial charge is 0.406 e. The molecule has 7 nitrogen and oxygen atoms in total. The van der Waals surface area contributed by atoms with Crippen LogP contribution in [-0.2, 0) is 11.3 Å². The van der Waals surface area contributed by atoms with Crippen molar-refractivity contribution in [2.45, 2.75) is 32.1 Å². The lowest BCUT2D eigenvalue weighted by Crippen LogP contribution is -2.43. The molecule has 0 amide bonds. The minimum Gasteiger partial charge on any atom is -0.495 e. The molecule has 40 heavy (non-hydrogen) atoms. The molecule has 2 aromatic carbocycles. The van der Waals surface area contributed by atoms with Gasteiger partial charge in [-0.1, -0.05) is 18.9 Å². The number of hydrogen-bond acceptors (Lipinski definition) is 6. The second-order valence-corrected chi connectivity index (χ2v) is 9.81. The van der Waals surface area contributed by atoms with Crippen molar-refractivity contribution in [2.24, 2.45) is 5.92 Å². The lowest BCUT2D eigenvalue weighted by molar-refractivity contribution is -0.140. The number of nitrogens with one attached hydrogen (secondary N) is 2. The Hall–Kier alpha value is -3.49. The predicted octanol–water partition coefficient (Wildman–Crippen LogP) is 5.33. The standard InChI is InChI=1S/C29H33F3N4O3.H2S/c1-19-17-35(2)14-12-23(19)34-24-8-5-9-26-22(24)16-21(36(26)18-29(30,31)32)7-6-13-33-25-11-10-20(28(37)39-4)15-27(25)38-3;/h5,8-11,15-16,19,23,33-34H,12-14,17-18H2,1-4H3;1H2/t19-,23-;/m0./s1. The highest BCUT2D eigenvalue weighted by molar-refractivity contribution is 7.59. The Kier molecular flexibility index (Phi) is 10.3. The Morgan fingerprint density at radius 2 is 1.93 bits per heavy atom. The summed E-state index contributed by atoms with van der Waals surface area (Å²) in [7, 11) is 4.86. The van der Waals surface area contributed by atoms with Crippen molar-refractivity contribution < 1.29 is 27.4 Å². The van der Waals surface area contributed by atoms with E-state index in [0.29, 0.717) is 33.8 Å². The number of carbonyl (C=O) groups is 1. The zero-order valence-corrected chi connectivity index (χ0v) is 24.0. The van der Waals surface area contributed by atoms with Crippen LogP contribution in [0.4, 0.5) is 24.5 Å². The zero-order chi connectivity index (χ0) is 28.2. The van der Waals surface area contributed by atoms with Crippen LogP contribution in [0.3, 0.4) is 0 Å². The summed E-state index contributed by atoms with van der Waals surface area (Å²) in [6.45, 7) is 3.13. The van der Waals surface area contributed by atoms with Crippen LogP contribution >= 0.6 is 13.5 Å². The van der Waals surface area contributed by atoms with Crippen molar-refractivity contribution in [3.63, 3.8) is 0 Å². The lowest BCUT2D eigenvalue weighted by atomic mass is 9.94. The zero-order valence-electron chi connectivity index (χ0n) is 23.0. The summed E-state index contributed by atoms with van der Waals surface area (Å²) in [5.74, 6) is 6.18. The van der Waals surface area contributed by atoms with Crippen molar-refractivity contribution in [1.82, 2.24) is 9.47 Å². The average molecular weight is 577 g/mol. The predicted molar refractivity (Wildman–Crippen MR) is 157 cm³/mol. The number of halogens is 3. The maximum Gasteiger partial charge on any atom is 0.406 e. The molecule has 2 N–H and O–H groups in total. The van der Waals surface area contributed by atoms with Crippen LogP contribution in [0.25, 0.3) is 10.9 Å². The van der Waals surface area contributed by atoms with Gasteiger partial charge in [0.25, 0.3) is 0 Å². The molecule has 0 saturated carbocycles. The van der Waals surface area contributed by atoms with E-state index < -0.39 is 18.7 Å². The normalized spacial score (nSPS) is 17.4. The number of esters is 1. The van der Waals surface area contributed by atoms with Gasteiger partial charge in [0.15, 0.2) is 0 Å². The van der Waals surface area contributed by atoms with E-state index in [4.69, 9.17) is 9.47 Å². The van der Waals surface area contributed by atoms with Gasteiger partial charge in [-0.25, -0.2) is 4.79 Å². The summed E-state index contributed by atoms with van der Waals surface area (Å²) in [6, 6.07) is 12.1. The number of alkyl halides is 3. The summed E-state index contributed by atoms with van der Waals surface area (Å²) in [5, 5.41) is 7.40. The fourth-order valence-electron chi connectivity index (χ4n) is 4.99. The van der Waals surface area contributed by atoms with E-state index in [1.165, 1.54) is 18.8 Å². The third-order valence-corrected chi connectivity index (χ3v) is 6.94. The molecule has 4 rings (SSSR count). The molecule has 216 valence electrons. The number of fused-ring (bicyclic) bond motifs is 1. The molecule has 1 aromatic heterocycles. The molecular formula is C29H35F3N4O3S. The van der Waals surface area contributed by atoms with Gasteiger partial charge < -0.3 is 29.6 Å². The van der Waals surface area contributed by atoms with Crippen LogP contribution in [-0.4, -0.2) is 68.6 Å². The Labute approximate surface area is 239 Å². The number of rotatable bonds is 7. The van der Waals surface area contributed by atoms with Crippen molar-refractivity contribution in [1.29, 1.82) is 0 Å². The molecule has 0 spiro atoms. The number of carbonyl (C=O) groups excluding carboxylic acids is 1. The number of anilines is 2. The Morgan fingerprint density at radius 3 is 2.60 bits per heavy atom. The summed E-state index contributed by atoms with van der Waals surface area (Å²) in [5.41, 5.74) is 2.50. The summed E-state index contributed by atoms with van der Waals surface area (Å²) in [4.78, 5) is 14.1. The van der Waals surface area contributed by atoms with Gasteiger partial charge >= 0.3 is 12.1 Å². The largest absolute Gasteiger partial charge is 0.495 e. The number of piperidine rings is 1. The third-order valence-electron chi connectivity index (χ3n) is 6.94. The molecule has 1 fully saturated rings. The van der Waals surface area contributed by atoms with E-state index in [0.717, 1.165) is 25.2 Å². The number of hydrogen-bond donors (Lipinski definition) is 2. The molecule has 1 aliphatic rings. The molecule has 11 heteroatoms. The van der Waals surface area contributed by atoms with Crippen LogP contribution < -0.4 is 15.4 Å². The highest BCUT2D eigenvalue weighted by Crippen LogP contribution is 2.32. The van der Waals surface area contributed by atoms with E-state index in [2.05, 4.69) is 41.3 Å². The molecule has 0 bridgehead atoms. The second kappa shape index (κ2) is 13.2. The van der Waals surface area contributed by atoms with Crippen LogP contribution in [0.15, 0.2) is 42.5 Å². The molecule has 3 aromatic rings. The van der Waals surface area contributed by atoms with Crippen molar-refractivity contribution in [2.75, 3.05) is 51.5 Å². The Morgan fingerprint density at radius 1 is 1.15 bits per heavy atom. The highest BCUT2D eigenvalue weighted by Gasteiger charge is 2.30. The maximum absolute atomic E-state index is 13.5. The molecular weight excluding hydrogens is 541 g/mol. The number of aromatic nitrogens is 1. The van der Waals surface area contributed by atoms with Gasteiger partial charge in [0, 0.05) is 23.7 Å². The van der Waals surface area contributed by atoms with Crippen LogP contribution in [0.1, 0.15) is 29.4 Å². The molecule has 0 unspecified atom stereocenters. The van der Waals surface area contributed by atoms with Gasteiger partial charge in [-0.2, -0.15) is 26.7 Å². The topological polar surface area (TPSA) is 67.8 Å². The number of likely N-dealkylation sites (tertiary alicyclic amines) is 1. The summed E-state index contributed by atoms with van der Waals surface area (Å²) >= 11 is 0. The quantitative estimate of drug-likeness (QED) is 0.293. The molecule has 0 radical (unpaired) electrons. The van der Waals surface area contributed by atoms with Crippen LogP contribution in [0.5, 0.6) is 5.75 Å². The number of nitrogens with zero attached hydrogens (tertiary/aromatic N) is 2. The van der Waals surface area contributed by atoms with Gasteiger partial charge in [-0.3, -0.25) is 0 Å². The molecule has 1 saturated heterocycles. The Bertz CT molecular complexity index is 1400. The summed E-state index contributed by atoms with van der Waals surface area (Å²) < 4.78 is 51.9. The Balaban J connectivity index is 0.00000441. The van der Waals surface area contributed by atoms with E-state index >= 15 is 0 Å². The van der Waals surface area contributed by atoms with E-state index in [1.807, 2.05) is 6.07 Å². The van der Waals surface area contributed by atoms with Crippen molar-refractivity contribution in [3.8, 4) is 17.6 Å². The first kappa shape index (κ1) is 31.0. The first-order valence-corrected chi connectivity index (χ1v) is 12.7. The third kappa shape index (κ3) is 7.37. The van der Waals surface area contributed by atoms with Crippen LogP contribution in [0.2, 0.25) is 0 Å². The lowest BCUT2D eigenvalue weighted by Gasteiger charge is -2.36. The average Bonchev–Trinajstić information content (AvgIpc) is 3.24. The number of benzene rings is 2. The van der Waals surface area contributed by atoms with Crippen LogP contribution in [0, 0.1) is 17.8 Å². The first-order chi connectivity index (χ1) is 18.6. The van der Waals surface area contributed by atoms with E-state index in [9.17, 15) is 18.0 Å². The van der Waals surface area contributed by atoms with Gasteiger partial charge in [0.05, 0.1) is 43.2 Å². The van der Waals surface area contributed by atoms with E-state index in [-0.39, 0.29) is 31.8 Å². The monoisotopic (exact) mass is 576 g/mol. The van der Waals surface area contributed by atoms with Crippen molar-refractivity contribution >= 4 is 41.7 Å². The number of methoxy groups -OCH3 is 2. The van der Waals surface area contributed by atoms with E-state index in [1.54, 1.807) is 36.4 Å². The fraction of sp³-hybridized carbons (Fsp3) is 0.414. The minimum absolute atomic E-state index is 0. The molecule has 1 aliphatic heterocycles. The highest BCUT2D eigenvalue weighted by atomic mass is 32.1. The van der Waals surface area contributed by atoms with Gasteiger partial charge in [0.1, 0.15) is 12.3 Å². The second-order valence-electron chi connectivity index (χ2n) is 9.81. The van der Waals surface area contributed by atoms with Gasteiger partial charge in [-0.05, 0) is 68.2 Å². The SMILES string of the molecule is COC(=O)c1ccc(NCC#Cc2cc3c(N[C@H]4CCN(C)C[C@@H]4C)cccc3n2CC(F)(F)F)c(OC)c1.S. The number of ether oxygens (including phenoxy) is 2.